The van der Waals surface area contributed by atoms with Crippen molar-refractivity contribution < 1.29 is 10.3 Å². The van der Waals surface area contributed by atoms with Crippen LogP contribution in [-0.4, -0.2) is 40.3 Å². The number of hydrogen-bond donors (Lipinski definition) is 3. The van der Waals surface area contributed by atoms with Gasteiger partial charge in [0, 0.05) is 18.8 Å². The van der Waals surface area contributed by atoms with Crippen LogP contribution in [0.3, 0.4) is 0 Å². The third kappa shape index (κ3) is 2.47. The highest BCUT2D eigenvalue weighted by atomic mass is 16.4. The third-order valence-electron chi connectivity index (χ3n) is 2.77. The Kier molecular flexibility index (Phi) is 3.43. The van der Waals surface area contributed by atoms with E-state index in [0.29, 0.717) is 18.3 Å². The molecule has 1 heterocycles. The normalized spacial score (nSPS) is 15.9. The van der Waals surface area contributed by atoms with Crippen molar-refractivity contribution >= 4 is 11.5 Å². The Labute approximate surface area is 99.4 Å². The Morgan fingerprint density at radius 3 is 2.94 bits per heavy atom. The molecule has 0 unspecified atom stereocenters. The number of anilines is 1. The summed E-state index contributed by atoms with van der Waals surface area (Å²) in [4.78, 5) is 6.18. The van der Waals surface area contributed by atoms with Gasteiger partial charge in [-0.15, -0.1) is 0 Å². The lowest BCUT2D eigenvalue weighted by atomic mass is 10.2. The number of aromatic nitrogens is 1. The smallest absolute Gasteiger partial charge is 0.190 e. The molecule has 1 aromatic heterocycles. The average Bonchev–Trinajstić information content (AvgIpc) is 3.19. The Hall–Kier alpha value is -1.82. The number of nitrogens with zero attached hydrogens (tertiary/aromatic N) is 3. The number of rotatable bonds is 5. The van der Waals surface area contributed by atoms with Gasteiger partial charge in [0.2, 0.25) is 0 Å². The molecular weight excluding hydrogens is 220 g/mol. The molecule has 6 heteroatoms. The summed E-state index contributed by atoms with van der Waals surface area (Å²) in [6.07, 6.45) is 3.80. The SMILES string of the molecule is N/C(=N/O)c1ncccc1N(CCO)C1CC1. The van der Waals surface area contributed by atoms with Gasteiger partial charge in [0.15, 0.2) is 5.84 Å². The predicted octanol–water partition coefficient (Wildman–Crippen LogP) is 0.137. The molecule has 0 spiro atoms. The fourth-order valence-corrected chi connectivity index (χ4v) is 1.87. The van der Waals surface area contributed by atoms with Gasteiger partial charge in [-0.3, -0.25) is 4.98 Å². The van der Waals surface area contributed by atoms with Crippen molar-refractivity contribution in [3.8, 4) is 0 Å². The first kappa shape index (κ1) is 11.7. The van der Waals surface area contributed by atoms with Gasteiger partial charge >= 0.3 is 0 Å². The highest BCUT2D eigenvalue weighted by Crippen LogP contribution is 2.32. The predicted molar refractivity (Wildman–Crippen MR) is 64.2 cm³/mol. The summed E-state index contributed by atoms with van der Waals surface area (Å²) in [6, 6.07) is 4.10. The second-order valence-corrected chi connectivity index (χ2v) is 4.00. The van der Waals surface area contributed by atoms with Crippen LogP contribution in [0.25, 0.3) is 0 Å². The van der Waals surface area contributed by atoms with E-state index < -0.39 is 0 Å². The molecule has 0 bridgehead atoms. The van der Waals surface area contributed by atoms with E-state index in [1.165, 1.54) is 0 Å². The van der Waals surface area contributed by atoms with E-state index in [-0.39, 0.29) is 12.4 Å². The lowest BCUT2D eigenvalue weighted by Gasteiger charge is -2.25. The van der Waals surface area contributed by atoms with Gasteiger partial charge in [0.25, 0.3) is 0 Å². The monoisotopic (exact) mass is 236 g/mol. The minimum atomic E-state index is -0.0100. The maximum absolute atomic E-state index is 9.09. The highest BCUT2D eigenvalue weighted by Gasteiger charge is 2.30. The molecule has 4 N–H and O–H groups in total. The van der Waals surface area contributed by atoms with E-state index >= 15 is 0 Å². The van der Waals surface area contributed by atoms with E-state index in [4.69, 9.17) is 16.0 Å². The topological polar surface area (TPSA) is 95.0 Å². The molecule has 1 aliphatic rings. The maximum Gasteiger partial charge on any atom is 0.190 e. The summed E-state index contributed by atoms with van der Waals surface area (Å²) in [5, 5.41) is 20.8. The lowest BCUT2D eigenvalue weighted by Crippen LogP contribution is -2.31. The van der Waals surface area contributed by atoms with Crippen LogP contribution in [0.1, 0.15) is 18.5 Å². The molecule has 1 saturated carbocycles. The van der Waals surface area contributed by atoms with E-state index in [1.54, 1.807) is 12.3 Å². The summed E-state index contributed by atoms with van der Waals surface area (Å²) in [5.41, 5.74) is 6.86. The molecule has 6 nitrogen and oxygen atoms in total. The molecule has 0 radical (unpaired) electrons. The number of oxime groups is 1. The third-order valence-corrected chi connectivity index (χ3v) is 2.77. The Balaban J connectivity index is 2.34. The van der Waals surface area contributed by atoms with Crippen LogP contribution in [0.15, 0.2) is 23.5 Å². The summed E-state index contributed by atoms with van der Waals surface area (Å²) in [7, 11) is 0. The van der Waals surface area contributed by atoms with Crippen LogP contribution < -0.4 is 10.6 Å². The van der Waals surface area contributed by atoms with E-state index in [1.807, 2.05) is 6.07 Å². The van der Waals surface area contributed by atoms with E-state index in [2.05, 4.69) is 15.0 Å². The summed E-state index contributed by atoms with van der Waals surface area (Å²) >= 11 is 0. The van der Waals surface area contributed by atoms with Crippen molar-refractivity contribution in [3.05, 3.63) is 24.0 Å². The lowest BCUT2D eigenvalue weighted by molar-refractivity contribution is 0.301. The molecule has 92 valence electrons. The molecule has 2 rings (SSSR count). The Morgan fingerprint density at radius 2 is 2.35 bits per heavy atom. The highest BCUT2D eigenvalue weighted by molar-refractivity contribution is 6.00. The van der Waals surface area contributed by atoms with Gasteiger partial charge in [-0.1, -0.05) is 5.16 Å². The zero-order chi connectivity index (χ0) is 12.3. The average molecular weight is 236 g/mol. The fourth-order valence-electron chi connectivity index (χ4n) is 1.87. The fraction of sp³-hybridized carbons (Fsp3) is 0.455. The number of nitrogens with two attached hydrogens (primary N) is 1. The summed E-state index contributed by atoms with van der Waals surface area (Å²) < 4.78 is 0. The number of pyridine rings is 1. The van der Waals surface area contributed by atoms with E-state index in [9.17, 15) is 0 Å². The quantitative estimate of drug-likeness (QED) is 0.292. The molecule has 1 aliphatic carbocycles. The van der Waals surface area contributed by atoms with Crippen molar-refractivity contribution in [2.75, 3.05) is 18.1 Å². The largest absolute Gasteiger partial charge is 0.409 e. The number of aliphatic hydroxyl groups excluding tert-OH is 1. The van der Waals surface area contributed by atoms with Crippen LogP contribution in [0.5, 0.6) is 0 Å². The van der Waals surface area contributed by atoms with Gasteiger partial charge in [-0.25, -0.2) is 0 Å². The number of amidine groups is 1. The molecule has 1 aromatic rings. The minimum absolute atomic E-state index is 0.0100. The van der Waals surface area contributed by atoms with Crippen LogP contribution in [0.4, 0.5) is 5.69 Å². The molecule has 0 amide bonds. The summed E-state index contributed by atoms with van der Waals surface area (Å²) in [6.45, 7) is 0.600. The second-order valence-electron chi connectivity index (χ2n) is 4.00. The van der Waals surface area contributed by atoms with E-state index in [0.717, 1.165) is 18.5 Å². The van der Waals surface area contributed by atoms with Crippen LogP contribution in [0, 0.1) is 0 Å². The molecule has 1 fully saturated rings. The van der Waals surface area contributed by atoms with Gasteiger partial charge < -0.3 is 20.9 Å². The van der Waals surface area contributed by atoms with Crippen LogP contribution in [-0.2, 0) is 0 Å². The van der Waals surface area contributed by atoms with Gasteiger partial charge in [0.05, 0.1) is 12.3 Å². The van der Waals surface area contributed by atoms with Crippen molar-refractivity contribution in [2.45, 2.75) is 18.9 Å². The Morgan fingerprint density at radius 1 is 1.59 bits per heavy atom. The molecule has 0 aliphatic heterocycles. The zero-order valence-electron chi connectivity index (χ0n) is 9.45. The standard InChI is InChI=1S/C11H16N4O2/c12-11(14-17)10-9(2-1-5-13-10)15(6-7-16)8-3-4-8/h1-2,5,8,16-17H,3-4,6-7H2,(H2,12,14). The maximum atomic E-state index is 9.09. The number of hydrogen-bond acceptors (Lipinski definition) is 5. The Bertz CT molecular complexity index is 418. The van der Waals surface area contributed by atoms with Gasteiger partial charge in [-0.05, 0) is 25.0 Å². The first-order chi connectivity index (χ1) is 8.27. The summed E-state index contributed by atoms with van der Waals surface area (Å²) in [5.74, 6) is -0.0100. The van der Waals surface area contributed by atoms with Crippen LogP contribution >= 0.6 is 0 Å². The molecular formula is C11H16N4O2. The van der Waals surface area contributed by atoms with Gasteiger partial charge in [0.1, 0.15) is 5.69 Å². The molecule has 17 heavy (non-hydrogen) atoms. The first-order valence-electron chi connectivity index (χ1n) is 5.58. The first-order valence-corrected chi connectivity index (χ1v) is 5.58. The van der Waals surface area contributed by atoms with Crippen molar-refractivity contribution in [2.24, 2.45) is 10.9 Å². The van der Waals surface area contributed by atoms with Crippen LogP contribution in [0.2, 0.25) is 0 Å². The zero-order valence-corrected chi connectivity index (χ0v) is 9.45. The van der Waals surface area contributed by atoms with Crippen molar-refractivity contribution in [1.82, 2.24) is 4.98 Å². The molecule has 0 atom stereocenters. The van der Waals surface area contributed by atoms with Crippen molar-refractivity contribution in [3.63, 3.8) is 0 Å². The van der Waals surface area contributed by atoms with Crippen molar-refractivity contribution in [1.29, 1.82) is 0 Å². The van der Waals surface area contributed by atoms with Gasteiger partial charge in [-0.2, -0.15) is 0 Å². The molecule has 0 aromatic carbocycles. The number of aliphatic hydroxyl groups is 1. The molecule has 0 saturated heterocycles. The second kappa shape index (κ2) is 5.01. The minimum Gasteiger partial charge on any atom is -0.409 e.